The molecule has 0 spiro atoms. The largest absolute Gasteiger partial charge is 0.383 e. The van der Waals surface area contributed by atoms with Gasteiger partial charge in [-0.2, -0.15) is 5.10 Å². The van der Waals surface area contributed by atoms with Crippen LogP contribution in [0.5, 0.6) is 0 Å². The molecule has 1 atom stereocenters. The molecule has 0 N–H and O–H groups in total. The number of hydrogen-bond acceptors (Lipinski definition) is 5. The van der Waals surface area contributed by atoms with Crippen LogP contribution in [0.25, 0.3) is 0 Å². The Hall–Kier alpha value is -1.76. The molecule has 0 saturated carbocycles. The number of ether oxygens (including phenoxy) is 2. The fraction of sp³-hybridized carbons (Fsp3) is 0.600. The van der Waals surface area contributed by atoms with Gasteiger partial charge in [0.2, 0.25) is 0 Å². The summed E-state index contributed by atoms with van der Waals surface area (Å²) in [5.41, 5.74) is 3.96. The lowest BCUT2D eigenvalue weighted by atomic mass is 9.97. The van der Waals surface area contributed by atoms with E-state index in [1.165, 1.54) is 16.8 Å². The summed E-state index contributed by atoms with van der Waals surface area (Å²) in [5.74, 6) is 0.657. The first kappa shape index (κ1) is 17.6. The van der Waals surface area contributed by atoms with Crippen LogP contribution in [0, 0.1) is 5.92 Å². The van der Waals surface area contributed by atoms with Gasteiger partial charge in [-0.3, -0.25) is 14.6 Å². The minimum atomic E-state index is 0.242. The molecule has 2 aliphatic heterocycles. The van der Waals surface area contributed by atoms with Crippen molar-refractivity contribution in [1.82, 2.24) is 19.7 Å². The number of fused-ring (bicyclic) bond motifs is 1. The number of rotatable bonds is 6. The summed E-state index contributed by atoms with van der Waals surface area (Å²) in [4.78, 5) is 6.77. The van der Waals surface area contributed by atoms with E-state index in [0.717, 1.165) is 52.1 Å². The lowest BCUT2D eigenvalue weighted by molar-refractivity contribution is 0.0545. The Morgan fingerprint density at radius 2 is 2.15 bits per heavy atom. The zero-order valence-corrected chi connectivity index (χ0v) is 15.5. The van der Waals surface area contributed by atoms with E-state index < -0.39 is 0 Å². The van der Waals surface area contributed by atoms with Crippen LogP contribution in [0.15, 0.2) is 30.7 Å². The average molecular weight is 356 g/mol. The molecule has 4 heterocycles. The second-order valence-corrected chi connectivity index (χ2v) is 7.35. The molecule has 1 saturated heterocycles. The number of pyridine rings is 1. The van der Waals surface area contributed by atoms with E-state index >= 15 is 0 Å². The van der Waals surface area contributed by atoms with E-state index in [1.807, 2.05) is 18.5 Å². The summed E-state index contributed by atoms with van der Waals surface area (Å²) < 4.78 is 13.4. The lowest BCUT2D eigenvalue weighted by Crippen LogP contribution is -2.39. The molecule has 0 bridgehead atoms. The minimum absolute atomic E-state index is 0.242. The topological polar surface area (TPSA) is 52.4 Å². The maximum Gasteiger partial charge on any atom is 0.0760 e. The molecule has 0 aliphatic carbocycles. The maximum atomic E-state index is 5.60. The first-order valence-corrected chi connectivity index (χ1v) is 9.59. The molecule has 2 aliphatic rings. The third-order valence-corrected chi connectivity index (χ3v) is 5.59. The predicted octanol–water partition coefficient (Wildman–Crippen LogP) is 2.45. The number of nitrogens with zero attached hydrogens (tertiary/aromatic N) is 4. The van der Waals surface area contributed by atoms with Gasteiger partial charge in [0, 0.05) is 52.4 Å². The summed E-state index contributed by atoms with van der Waals surface area (Å²) in [6.07, 6.45) is 9.15. The van der Waals surface area contributed by atoms with E-state index in [2.05, 4.69) is 26.8 Å². The second-order valence-electron chi connectivity index (χ2n) is 7.35. The summed E-state index contributed by atoms with van der Waals surface area (Å²) in [6, 6.07) is 4.39. The van der Waals surface area contributed by atoms with Crippen molar-refractivity contribution < 1.29 is 9.47 Å². The number of aromatic nitrogens is 3. The molecule has 4 rings (SSSR count). The SMILES string of the molecule is COC[C@@H]1c2c(cnn2CC2CCOCC2)CCN1Cc1cccnc1. The second kappa shape index (κ2) is 8.29. The van der Waals surface area contributed by atoms with Crippen LogP contribution in [0.2, 0.25) is 0 Å². The Labute approximate surface area is 155 Å². The van der Waals surface area contributed by atoms with E-state index in [-0.39, 0.29) is 6.04 Å². The van der Waals surface area contributed by atoms with Gasteiger partial charge in [0.1, 0.15) is 0 Å². The summed E-state index contributed by atoms with van der Waals surface area (Å²) in [6.45, 7) is 5.35. The Bertz CT molecular complexity index is 697. The van der Waals surface area contributed by atoms with Crippen LogP contribution in [-0.2, 0) is 29.0 Å². The highest BCUT2D eigenvalue weighted by molar-refractivity contribution is 5.26. The quantitative estimate of drug-likeness (QED) is 0.796. The molecule has 2 aromatic rings. The third kappa shape index (κ3) is 3.82. The van der Waals surface area contributed by atoms with Crippen molar-refractivity contribution in [3.8, 4) is 0 Å². The zero-order valence-electron chi connectivity index (χ0n) is 15.5. The molecule has 6 nitrogen and oxygen atoms in total. The van der Waals surface area contributed by atoms with Crippen molar-refractivity contribution >= 4 is 0 Å². The molecule has 0 unspecified atom stereocenters. The first-order chi connectivity index (χ1) is 12.8. The summed E-state index contributed by atoms with van der Waals surface area (Å²) >= 11 is 0. The Morgan fingerprint density at radius 1 is 1.27 bits per heavy atom. The van der Waals surface area contributed by atoms with Crippen molar-refractivity contribution in [3.05, 3.63) is 47.5 Å². The van der Waals surface area contributed by atoms with Gasteiger partial charge in [-0.1, -0.05) is 6.07 Å². The summed E-state index contributed by atoms with van der Waals surface area (Å²) in [7, 11) is 1.79. The van der Waals surface area contributed by atoms with Gasteiger partial charge < -0.3 is 9.47 Å². The highest BCUT2D eigenvalue weighted by atomic mass is 16.5. The standard InChI is InChI=1S/C20H28N4O2/c1-25-15-19-20-18(4-8-23(19)13-17-3-2-7-21-11-17)12-22-24(20)14-16-5-9-26-10-6-16/h2-3,7,11-12,16,19H,4-6,8-10,13-15H2,1H3/t19-/m1/s1. The van der Waals surface area contributed by atoms with E-state index in [9.17, 15) is 0 Å². The molecule has 1 fully saturated rings. The van der Waals surface area contributed by atoms with Crippen LogP contribution in [0.1, 0.15) is 35.7 Å². The first-order valence-electron chi connectivity index (χ1n) is 9.59. The van der Waals surface area contributed by atoms with Gasteiger partial charge in [0.15, 0.2) is 0 Å². The number of hydrogen-bond donors (Lipinski definition) is 0. The van der Waals surface area contributed by atoms with E-state index in [4.69, 9.17) is 14.6 Å². The van der Waals surface area contributed by atoms with Gasteiger partial charge in [-0.25, -0.2) is 0 Å². The normalized spacial score (nSPS) is 21.7. The lowest BCUT2D eigenvalue weighted by Gasteiger charge is -2.36. The van der Waals surface area contributed by atoms with Crippen molar-refractivity contribution in [3.63, 3.8) is 0 Å². The highest BCUT2D eigenvalue weighted by Crippen LogP contribution is 2.32. The molecule has 0 radical (unpaired) electrons. The molecule has 0 aromatic carbocycles. The molecule has 2 aromatic heterocycles. The van der Waals surface area contributed by atoms with Crippen molar-refractivity contribution in [2.45, 2.75) is 38.4 Å². The van der Waals surface area contributed by atoms with Crippen molar-refractivity contribution in [1.29, 1.82) is 0 Å². The van der Waals surface area contributed by atoms with Crippen LogP contribution in [0.4, 0.5) is 0 Å². The average Bonchev–Trinajstić information content (AvgIpc) is 3.08. The van der Waals surface area contributed by atoms with E-state index in [0.29, 0.717) is 12.5 Å². The predicted molar refractivity (Wildman–Crippen MR) is 98.7 cm³/mol. The van der Waals surface area contributed by atoms with Gasteiger partial charge >= 0.3 is 0 Å². The molecule has 26 heavy (non-hydrogen) atoms. The third-order valence-electron chi connectivity index (χ3n) is 5.59. The Kier molecular flexibility index (Phi) is 5.62. The Balaban J connectivity index is 1.56. The van der Waals surface area contributed by atoms with Crippen molar-refractivity contribution in [2.24, 2.45) is 5.92 Å². The van der Waals surface area contributed by atoms with Gasteiger partial charge in [-0.05, 0) is 42.4 Å². The molecule has 6 heteroatoms. The van der Waals surface area contributed by atoms with Gasteiger partial charge in [0.05, 0.1) is 24.5 Å². The molecular weight excluding hydrogens is 328 g/mol. The summed E-state index contributed by atoms with van der Waals surface area (Å²) in [5, 5.41) is 4.75. The smallest absolute Gasteiger partial charge is 0.0760 e. The molecule has 140 valence electrons. The zero-order chi connectivity index (χ0) is 17.8. The number of methoxy groups -OCH3 is 1. The monoisotopic (exact) mass is 356 g/mol. The molecule has 0 amide bonds. The highest BCUT2D eigenvalue weighted by Gasteiger charge is 2.32. The van der Waals surface area contributed by atoms with Crippen LogP contribution < -0.4 is 0 Å². The van der Waals surface area contributed by atoms with Gasteiger partial charge in [0.25, 0.3) is 0 Å². The van der Waals surface area contributed by atoms with Crippen molar-refractivity contribution in [2.75, 3.05) is 33.5 Å². The fourth-order valence-corrected chi connectivity index (χ4v) is 4.18. The van der Waals surface area contributed by atoms with E-state index in [1.54, 1.807) is 7.11 Å². The minimum Gasteiger partial charge on any atom is -0.383 e. The van der Waals surface area contributed by atoms with Gasteiger partial charge in [-0.15, -0.1) is 0 Å². The van der Waals surface area contributed by atoms with Crippen LogP contribution >= 0.6 is 0 Å². The fourth-order valence-electron chi connectivity index (χ4n) is 4.18. The van der Waals surface area contributed by atoms with Crippen LogP contribution in [-0.4, -0.2) is 53.1 Å². The Morgan fingerprint density at radius 3 is 2.92 bits per heavy atom. The maximum absolute atomic E-state index is 5.60. The van der Waals surface area contributed by atoms with Crippen LogP contribution in [0.3, 0.4) is 0 Å². The molecular formula is C20H28N4O2.